The lowest BCUT2D eigenvalue weighted by molar-refractivity contribution is 0.431. The van der Waals surface area contributed by atoms with Gasteiger partial charge in [0.05, 0.1) is 6.61 Å². The van der Waals surface area contributed by atoms with Crippen LogP contribution in [-0.4, -0.2) is 12.7 Å². The highest BCUT2D eigenvalue weighted by molar-refractivity contribution is 5.02. The van der Waals surface area contributed by atoms with E-state index in [0.29, 0.717) is 5.70 Å². The summed E-state index contributed by atoms with van der Waals surface area (Å²) in [7, 11) is 0. The second kappa shape index (κ2) is 0.980. The minimum atomic E-state index is 0.185. The van der Waals surface area contributed by atoms with Crippen molar-refractivity contribution >= 4 is 0 Å². The number of rotatable bonds is 1. The Balaban J connectivity index is 2.31. The normalized spacial score (nSPS) is 29.7. The van der Waals surface area contributed by atoms with E-state index in [-0.39, 0.29) is 6.10 Å². The lowest BCUT2D eigenvalue weighted by atomic mass is 10.4. The minimum Gasteiger partial charge on any atom is -0.400 e. The Labute approximate surface area is 36.6 Å². The Kier molecular flexibility index (Phi) is 0.601. The standard InChI is InChI=1S/C4H7NO/c1-3(5)4-2-6-4/h4H,1-2,5H2. The van der Waals surface area contributed by atoms with Gasteiger partial charge in [-0.15, -0.1) is 0 Å². The third-order valence-electron chi connectivity index (χ3n) is 0.747. The van der Waals surface area contributed by atoms with Crippen molar-refractivity contribution in [1.82, 2.24) is 0 Å². The Hall–Kier alpha value is -0.500. The van der Waals surface area contributed by atoms with Crippen molar-refractivity contribution in [3.63, 3.8) is 0 Å². The molecular formula is C4H7NO. The van der Waals surface area contributed by atoms with E-state index < -0.39 is 0 Å². The van der Waals surface area contributed by atoms with E-state index in [1.807, 2.05) is 0 Å². The molecule has 6 heavy (non-hydrogen) atoms. The molecule has 0 bridgehead atoms. The van der Waals surface area contributed by atoms with Crippen LogP contribution in [0.2, 0.25) is 0 Å². The summed E-state index contributed by atoms with van der Waals surface area (Å²) in [4.78, 5) is 0. The van der Waals surface area contributed by atoms with Crippen LogP contribution in [-0.2, 0) is 4.74 Å². The fourth-order valence-electron chi connectivity index (χ4n) is 0.262. The summed E-state index contributed by atoms with van der Waals surface area (Å²) in [5.41, 5.74) is 5.83. The van der Waals surface area contributed by atoms with Gasteiger partial charge in [-0.3, -0.25) is 0 Å². The molecule has 1 saturated heterocycles. The fourth-order valence-corrected chi connectivity index (χ4v) is 0.262. The topological polar surface area (TPSA) is 38.5 Å². The van der Waals surface area contributed by atoms with E-state index in [0.717, 1.165) is 6.61 Å². The molecule has 2 nitrogen and oxygen atoms in total. The molecule has 0 saturated carbocycles. The van der Waals surface area contributed by atoms with Crippen LogP contribution in [0, 0.1) is 0 Å². The van der Waals surface area contributed by atoms with Crippen molar-refractivity contribution in [2.45, 2.75) is 6.10 Å². The predicted molar refractivity (Wildman–Crippen MR) is 23.1 cm³/mol. The molecule has 1 aliphatic rings. The summed E-state index contributed by atoms with van der Waals surface area (Å²) < 4.78 is 4.75. The molecule has 34 valence electrons. The Bertz CT molecular complexity index is 75.6. The zero-order chi connectivity index (χ0) is 4.57. The van der Waals surface area contributed by atoms with E-state index in [4.69, 9.17) is 10.5 Å². The van der Waals surface area contributed by atoms with Crippen LogP contribution in [0.15, 0.2) is 12.3 Å². The first-order chi connectivity index (χ1) is 2.80. The van der Waals surface area contributed by atoms with Gasteiger partial charge in [0.2, 0.25) is 0 Å². The molecule has 0 spiro atoms. The summed E-state index contributed by atoms with van der Waals surface area (Å²) in [6.45, 7) is 4.24. The van der Waals surface area contributed by atoms with Gasteiger partial charge in [0.15, 0.2) is 0 Å². The molecule has 0 amide bonds. The zero-order valence-electron chi connectivity index (χ0n) is 3.48. The van der Waals surface area contributed by atoms with Crippen molar-refractivity contribution in [2.75, 3.05) is 6.61 Å². The number of ether oxygens (including phenoxy) is 1. The molecule has 1 heterocycles. The van der Waals surface area contributed by atoms with Crippen LogP contribution in [0.4, 0.5) is 0 Å². The highest BCUT2D eigenvalue weighted by Gasteiger charge is 2.23. The van der Waals surface area contributed by atoms with Crippen molar-refractivity contribution in [2.24, 2.45) is 5.73 Å². The Morgan fingerprint density at radius 2 is 2.50 bits per heavy atom. The number of nitrogens with two attached hydrogens (primary N) is 1. The molecule has 1 unspecified atom stereocenters. The molecule has 0 aromatic rings. The van der Waals surface area contributed by atoms with Crippen LogP contribution in [0.1, 0.15) is 0 Å². The molecule has 1 aliphatic heterocycles. The molecule has 1 rings (SSSR count). The quantitative estimate of drug-likeness (QED) is 0.450. The van der Waals surface area contributed by atoms with E-state index >= 15 is 0 Å². The first-order valence-corrected chi connectivity index (χ1v) is 1.86. The molecule has 0 aromatic heterocycles. The van der Waals surface area contributed by atoms with Crippen molar-refractivity contribution in [3.05, 3.63) is 12.3 Å². The molecule has 0 aliphatic carbocycles. The average Bonchev–Trinajstić information content (AvgIpc) is 2.06. The summed E-state index contributed by atoms with van der Waals surface area (Å²) in [6.07, 6.45) is 0.185. The third kappa shape index (κ3) is 0.518. The van der Waals surface area contributed by atoms with Gasteiger partial charge in [-0.1, -0.05) is 6.58 Å². The van der Waals surface area contributed by atoms with E-state index in [1.54, 1.807) is 0 Å². The maximum absolute atomic E-state index is 5.18. The van der Waals surface area contributed by atoms with Gasteiger partial charge in [0.25, 0.3) is 0 Å². The van der Waals surface area contributed by atoms with Crippen LogP contribution >= 0.6 is 0 Å². The van der Waals surface area contributed by atoms with Gasteiger partial charge in [-0.2, -0.15) is 0 Å². The van der Waals surface area contributed by atoms with E-state index in [1.165, 1.54) is 0 Å². The average molecular weight is 85.1 g/mol. The lowest BCUT2D eigenvalue weighted by Crippen LogP contribution is -2.00. The molecule has 2 N–H and O–H groups in total. The van der Waals surface area contributed by atoms with Crippen LogP contribution < -0.4 is 5.73 Å². The van der Waals surface area contributed by atoms with Gasteiger partial charge in [-0.05, 0) is 0 Å². The number of epoxide rings is 1. The van der Waals surface area contributed by atoms with Gasteiger partial charge < -0.3 is 10.5 Å². The van der Waals surface area contributed by atoms with Crippen molar-refractivity contribution in [3.8, 4) is 0 Å². The first kappa shape index (κ1) is 3.68. The first-order valence-electron chi connectivity index (χ1n) is 1.86. The Morgan fingerprint density at radius 1 is 2.00 bits per heavy atom. The van der Waals surface area contributed by atoms with Gasteiger partial charge in [-0.25, -0.2) is 0 Å². The molecule has 1 atom stereocenters. The summed E-state index contributed by atoms with van der Waals surface area (Å²) in [5.74, 6) is 0. The van der Waals surface area contributed by atoms with Gasteiger partial charge in [0, 0.05) is 5.70 Å². The molecule has 1 fully saturated rings. The van der Waals surface area contributed by atoms with E-state index in [9.17, 15) is 0 Å². The SMILES string of the molecule is C=C(N)C1CO1. The Morgan fingerprint density at radius 3 is 2.50 bits per heavy atom. The largest absolute Gasteiger partial charge is 0.400 e. The fraction of sp³-hybridized carbons (Fsp3) is 0.500. The summed E-state index contributed by atoms with van der Waals surface area (Å²) in [6, 6.07) is 0. The van der Waals surface area contributed by atoms with Gasteiger partial charge >= 0.3 is 0 Å². The molecule has 0 aromatic carbocycles. The minimum absolute atomic E-state index is 0.185. The second-order valence-electron chi connectivity index (χ2n) is 1.40. The van der Waals surface area contributed by atoms with E-state index in [2.05, 4.69) is 6.58 Å². The van der Waals surface area contributed by atoms with Crippen LogP contribution in [0.3, 0.4) is 0 Å². The molecular weight excluding hydrogens is 78.0 g/mol. The lowest BCUT2D eigenvalue weighted by Gasteiger charge is -1.82. The van der Waals surface area contributed by atoms with Crippen molar-refractivity contribution in [1.29, 1.82) is 0 Å². The molecule has 2 heteroatoms. The van der Waals surface area contributed by atoms with Gasteiger partial charge in [0.1, 0.15) is 6.10 Å². The zero-order valence-corrected chi connectivity index (χ0v) is 3.48. The smallest absolute Gasteiger partial charge is 0.119 e. The van der Waals surface area contributed by atoms with Crippen molar-refractivity contribution < 1.29 is 4.74 Å². The van der Waals surface area contributed by atoms with Crippen LogP contribution in [0.5, 0.6) is 0 Å². The summed E-state index contributed by atoms with van der Waals surface area (Å²) in [5, 5.41) is 0. The maximum Gasteiger partial charge on any atom is 0.119 e. The molecule has 0 radical (unpaired) electrons. The monoisotopic (exact) mass is 85.1 g/mol. The number of hydrogen-bond donors (Lipinski definition) is 1. The van der Waals surface area contributed by atoms with Crippen LogP contribution in [0.25, 0.3) is 0 Å². The second-order valence-corrected chi connectivity index (χ2v) is 1.40. The predicted octanol–water partition coefficient (Wildman–Crippen LogP) is -0.142. The summed E-state index contributed by atoms with van der Waals surface area (Å²) >= 11 is 0. The highest BCUT2D eigenvalue weighted by Crippen LogP contribution is 2.12. The maximum atomic E-state index is 5.18. The third-order valence-corrected chi connectivity index (χ3v) is 0.747. The number of hydrogen-bond acceptors (Lipinski definition) is 2. The highest BCUT2D eigenvalue weighted by atomic mass is 16.6.